The Kier molecular flexibility index (Phi) is 5.60. The maximum atomic E-state index is 12.3. The molecule has 2 atom stereocenters. The predicted molar refractivity (Wildman–Crippen MR) is 78.8 cm³/mol. The van der Waals surface area contributed by atoms with Crippen LogP contribution < -0.4 is 5.32 Å². The molecule has 4 heteroatoms. The number of aromatic nitrogens is 1. The van der Waals surface area contributed by atoms with E-state index in [1.807, 2.05) is 43.9 Å². The lowest BCUT2D eigenvalue weighted by Crippen LogP contribution is -2.47. The molecular formula is C15H27N3O. The number of amides is 1. The van der Waals surface area contributed by atoms with E-state index in [2.05, 4.69) is 26.1 Å². The van der Waals surface area contributed by atoms with Gasteiger partial charge in [-0.2, -0.15) is 0 Å². The summed E-state index contributed by atoms with van der Waals surface area (Å²) in [4.78, 5) is 14.1. The second kappa shape index (κ2) is 6.75. The van der Waals surface area contributed by atoms with Gasteiger partial charge in [0, 0.05) is 32.0 Å². The fourth-order valence-corrected chi connectivity index (χ4v) is 1.97. The van der Waals surface area contributed by atoms with Crippen LogP contribution in [0.3, 0.4) is 0 Å². The molecule has 0 unspecified atom stereocenters. The zero-order valence-corrected chi connectivity index (χ0v) is 13.0. The summed E-state index contributed by atoms with van der Waals surface area (Å²) in [6.07, 6.45) is 2.00. The van der Waals surface area contributed by atoms with Crippen molar-refractivity contribution in [3.05, 3.63) is 24.0 Å². The van der Waals surface area contributed by atoms with Crippen LogP contribution in [0, 0.1) is 5.92 Å². The molecule has 1 N–H and O–H groups in total. The van der Waals surface area contributed by atoms with Crippen molar-refractivity contribution in [2.45, 2.75) is 46.3 Å². The number of carbonyl (C=O) groups is 1. The maximum Gasteiger partial charge on any atom is 0.239 e. The normalized spacial score (nSPS) is 14.5. The number of nitrogens with zero attached hydrogens (tertiary/aromatic N) is 2. The third-order valence-corrected chi connectivity index (χ3v) is 3.71. The molecule has 0 aliphatic rings. The molecule has 0 fully saturated rings. The van der Waals surface area contributed by atoms with Gasteiger partial charge in [0.1, 0.15) is 0 Å². The molecule has 1 rings (SSSR count). The fourth-order valence-electron chi connectivity index (χ4n) is 1.97. The van der Waals surface area contributed by atoms with Crippen LogP contribution in [0.25, 0.3) is 0 Å². The molecule has 108 valence electrons. The van der Waals surface area contributed by atoms with Gasteiger partial charge >= 0.3 is 0 Å². The highest BCUT2D eigenvalue weighted by Crippen LogP contribution is 2.06. The van der Waals surface area contributed by atoms with Gasteiger partial charge in [-0.1, -0.05) is 13.8 Å². The predicted octanol–water partition coefficient (Wildman–Crippen LogP) is 2.01. The van der Waals surface area contributed by atoms with E-state index in [-0.39, 0.29) is 11.9 Å². The average molecular weight is 265 g/mol. The van der Waals surface area contributed by atoms with E-state index in [9.17, 15) is 4.79 Å². The first-order valence-corrected chi connectivity index (χ1v) is 6.94. The van der Waals surface area contributed by atoms with Gasteiger partial charge in [-0.25, -0.2) is 0 Å². The lowest BCUT2D eigenvalue weighted by Gasteiger charge is -2.26. The van der Waals surface area contributed by atoms with Crippen LogP contribution in [0.1, 0.15) is 33.4 Å². The molecule has 0 aliphatic carbocycles. The van der Waals surface area contributed by atoms with Crippen LogP contribution in [-0.4, -0.2) is 34.5 Å². The number of nitrogens with one attached hydrogen (secondary N) is 1. The van der Waals surface area contributed by atoms with Crippen LogP contribution >= 0.6 is 0 Å². The second-order valence-corrected chi connectivity index (χ2v) is 5.73. The Labute approximate surface area is 116 Å². The summed E-state index contributed by atoms with van der Waals surface area (Å²) in [5, 5.41) is 3.36. The van der Waals surface area contributed by atoms with Gasteiger partial charge in [-0.05, 0) is 31.9 Å². The monoisotopic (exact) mass is 265 g/mol. The van der Waals surface area contributed by atoms with E-state index < -0.39 is 0 Å². The molecule has 1 heterocycles. The van der Waals surface area contributed by atoms with E-state index in [0.717, 1.165) is 5.69 Å². The van der Waals surface area contributed by atoms with Crippen molar-refractivity contribution in [1.82, 2.24) is 14.8 Å². The molecule has 0 bridgehead atoms. The molecule has 0 saturated carbocycles. The highest BCUT2D eigenvalue weighted by molar-refractivity contribution is 5.81. The van der Waals surface area contributed by atoms with Gasteiger partial charge in [-0.3, -0.25) is 4.79 Å². The van der Waals surface area contributed by atoms with E-state index in [1.54, 1.807) is 4.90 Å². The molecule has 0 radical (unpaired) electrons. The van der Waals surface area contributed by atoms with Gasteiger partial charge in [0.05, 0.1) is 12.6 Å². The molecule has 1 amide bonds. The quantitative estimate of drug-likeness (QED) is 0.854. The smallest absolute Gasteiger partial charge is 0.239 e. The van der Waals surface area contributed by atoms with Crippen LogP contribution in [0.5, 0.6) is 0 Å². The molecule has 0 aromatic carbocycles. The van der Waals surface area contributed by atoms with Crippen LogP contribution in [0.15, 0.2) is 18.3 Å². The summed E-state index contributed by atoms with van der Waals surface area (Å²) >= 11 is 0. The van der Waals surface area contributed by atoms with E-state index in [4.69, 9.17) is 0 Å². The third-order valence-electron chi connectivity index (χ3n) is 3.71. The van der Waals surface area contributed by atoms with Crippen LogP contribution in [0.4, 0.5) is 0 Å². The van der Waals surface area contributed by atoms with Gasteiger partial charge in [0.15, 0.2) is 0 Å². The molecule has 19 heavy (non-hydrogen) atoms. The topological polar surface area (TPSA) is 37.3 Å². The first-order chi connectivity index (χ1) is 8.82. The van der Waals surface area contributed by atoms with E-state index in [1.165, 1.54) is 0 Å². The van der Waals surface area contributed by atoms with E-state index >= 15 is 0 Å². The van der Waals surface area contributed by atoms with Gasteiger partial charge < -0.3 is 14.8 Å². The molecule has 0 aliphatic heterocycles. The summed E-state index contributed by atoms with van der Waals surface area (Å²) in [6, 6.07) is 4.22. The first-order valence-electron chi connectivity index (χ1n) is 6.94. The number of carbonyl (C=O) groups excluding carboxylic acids is 1. The Hall–Kier alpha value is -1.29. The number of hydrogen-bond donors (Lipinski definition) is 1. The SMILES string of the molecule is CC(C)[C@H](C)N[C@@H](C)C(=O)N(C)Cc1cccn1C. The first kappa shape index (κ1) is 15.8. The van der Waals surface area contributed by atoms with Crippen molar-refractivity contribution in [3.8, 4) is 0 Å². The van der Waals surface area contributed by atoms with Gasteiger partial charge in [0.2, 0.25) is 5.91 Å². The van der Waals surface area contributed by atoms with Crippen LogP contribution in [-0.2, 0) is 18.4 Å². The van der Waals surface area contributed by atoms with Crippen molar-refractivity contribution >= 4 is 5.91 Å². The van der Waals surface area contributed by atoms with Gasteiger partial charge in [-0.15, -0.1) is 0 Å². The number of likely N-dealkylation sites (N-methyl/N-ethyl adjacent to an activating group) is 1. The molecule has 1 aromatic heterocycles. The molecular weight excluding hydrogens is 238 g/mol. The lowest BCUT2D eigenvalue weighted by atomic mass is 10.1. The number of hydrogen-bond acceptors (Lipinski definition) is 2. The number of rotatable bonds is 6. The molecule has 1 aromatic rings. The van der Waals surface area contributed by atoms with Crippen molar-refractivity contribution < 1.29 is 4.79 Å². The fraction of sp³-hybridized carbons (Fsp3) is 0.667. The van der Waals surface area contributed by atoms with Crippen molar-refractivity contribution in [3.63, 3.8) is 0 Å². The minimum atomic E-state index is -0.150. The Morgan fingerprint density at radius 3 is 2.47 bits per heavy atom. The van der Waals surface area contributed by atoms with E-state index in [0.29, 0.717) is 18.5 Å². The number of aryl methyl sites for hydroxylation is 1. The summed E-state index contributed by atoms with van der Waals surface area (Å²) in [5.41, 5.74) is 1.14. The standard InChI is InChI=1S/C15H27N3O/c1-11(2)12(3)16-13(4)15(19)18(6)10-14-8-7-9-17(14)5/h7-9,11-13,16H,10H2,1-6H3/t12-,13-/m0/s1. The minimum absolute atomic E-state index is 0.133. The summed E-state index contributed by atoms with van der Waals surface area (Å²) in [6.45, 7) is 9.00. The Balaban J connectivity index is 2.54. The Bertz CT molecular complexity index is 411. The molecule has 0 saturated heterocycles. The minimum Gasteiger partial charge on any atom is -0.353 e. The zero-order valence-electron chi connectivity index (χ0n) is 13.0. The lowest BCUT2D eigenvalue weighted by molar-refractivity contribution is -0.132. The zero-order chi connectivity index (χ0) is 14.6. The summed E-state index contributed by atoms with van der Waals surface area (Å²) in [7, 11) is 3.85. The largest absolute Gasteiger partial charge is 0.353 e. The molecule has 4 nitrogen and oxygen atoms in total. The Morgan fingerprint density at radius 2 is 2.00 bits per heavy atom. The molecule has 0 spiro atoms. The average Bonchev–Trinajstić information content (AvgIpc) is 2.73. The second-order valence-electron chi connectivity index (χ2n) is 5.73. The van der Waals surface area contributed by atoms with Crippen molar-refractivity contribution in [1.29, 1.82) is 0 Å². The van der Waals surface area contributed by atoms with Crippen molar-refractivity contribution in [2.24, 2.45) is 13.0 Å². The van der Waals surface area contributed by atoms with Gasteiger partial charge in [0.25, 0.3) is 0 Å². The third kappa shape index (κ3) is 4.39. The maximum absolute atomic E-state index is 12.3. The summed E-state index contributed by atoms with van der Waals surface area (Å²) < 4.78 is 2.04. The van der Waals surface area contributed by atoms with Crippen LogP contribution in [0.2, 0.25) is 0 Å². The van der Waals surface area contributed by atoms with Crippen molar-refractivity contribution in [2.75, 3.05) is 7.05 Å². The Morgan fingerprint density at radius 1 is 1.37 bits per heavy atom. The highest BCUT2D eigenvalue weighted by Gasteiger charge is 2.20. The highest BCUT2D eigenvalue weighted by atomic mass is 16.2. The summed E-state index contributed by atoms with van der Waals surface area (Å²) in [5.74, 6) is 0.655.